The van der Waals surface area contributed by atoms with Gasteiger partial charge in [0.1, 0.15) is 0 Å². The highest BCUT2D eigenvalue weighted by Crippen LogP contribution is 2.24. The largest absolute Gasteiger partial charge is 0.403 e. The predicted octanol–water partition coefficient (Wildman–Crippen LogP) is 3.28. The Bertz CT molecular complexity index is 743. The lowest BCUT2D eigenvalue weighted by Crippen LogP contribution is -1.99. The van der Waals surface area contributed by atoms with Crippen molar-refractivity contribution in [2.45, 2.75) is 6.54 Å². The van der Waals surface area contributed by atoms with Gasteiger partial charge in [0.2, 0.25) is 0 Å². The van der Waals surface area contributed by atoms with Gasteiger partial charge in [-0.05, 0) is 29.1 Å². The summed E-state index contributed by atoms with van der Waals surface area (Å²) in [6, 6.07) is 13.7. The molecule has 0 fully saturated rings. The Morgan fingerprint density at radius 2 is 2.20 bits per heavy atom. The average molecular weight is 282 g/mol. The molecule has 0 saturated heterocycles. The molecule has 3 aromatic rings. The summed E-state index contributed by atoms with van der Waals surface area (Å²) < 4.78 is 5.52. The highest BCUT2D eigenvalue weighted by molar-refractivity contribution is 7.13. The number of nitrogens with one attached hydrogen (secondary N) is 1. The number of hydrogen-bond acceptors (Lipinski definition) is 6. The van der Waals surface area contributed by atoms with E-state index in [1.165, 1.54) is 0 Å². The molecule has 1 aromatic carbocycles. The highest BCUT2D eigenvalue weighted by Gasteiger charge is 2.08. The van der Waals surface area contributed by atoms with Crippen molar-refractivity contribution in [3.05, 3.63) is 52.9 Å². The van der Waals surface area contributed by atoms with Gasteiger partial charge in [0.25, 0.3) is 5.89 Å². The number of thiophene rings is 1. The van der Waals surface area contributed by atoms with Gasteiger partial charge in [-0.3, -0.25) is 0 Å². The fourth-order valence-corrected chi connectivity index (χ4v) is 2.37. The van der Waals surface area contributed by atoms with Crippen LogP contribution in [0.3, 0.4) is 0 Å². The molecule has 0 atom stereocenters. The van der Waals surface area contributed by atoms with Crippen molar-refractivity contribution < 1.29 is 4.42 Å². The van der Waals surface area contributed by atoms with E-state index in [2.05, 4.69) is 21.6 Å². The molecule has 1 N–H and O–H groups in total. The summed E-state index contributed by atoms with van der Waals surface area (Å²) in [6.45, 7) is 0.529. The number of aromatic nitrogens is 2. The van der Waals surface area contributed by atoms with Gasteiger partial charge < -0.3 is 9.73 Å². The zero-order chi connectivity index (χ0) is 13.8. The van der Waals surface area contributed by atoms with Gasteiger partial charge in [-0.15, -0.1) is 16.4 Å². The molecule has 0 radical (unpaired) electrons. The van der Waals surface area contributed by atoms with Crippen LogP contribution in [-0.4, -0.2) is 10.2 Å². The van der Waals surface area contributed by atoms with Crippen LogP contribution in [0.25, 0.3) is 10.8 Å². The summed E-state index contributed by atoms with van der Waals surface area (Å²) in [7, 11) is 0. The molecular formula is C14H10N4OS. The number of nitrogens with zero attached hydrogens (tertiary/aromatic N) is 3. The van der Waals surface area contributed by atoms with Crippen LogP contribution in [0.1, 0.15) is 11.1 Å². The number of nitriles is 1. The van der Waals surface area contributed by atoms with E-state index in [0.717, 1.165) is 10.4 Å². The SMILES string of the molecule is N#Cc1cccc(CNc2nnc(-c3cccs3)o2)c1. The van der Waals surface area contributed by atoms with E-state index in [9.17, 15) is 0 Å². The van der Waals surface area contributed by atoms with Crippen molar-refractivity contribution >= 4 is 17.4 Å². The number of rotatable bonds is 4. The second-order valence-corrected chi connectivity index (χ2v) is 5.00. The van der Waals surface area contributed by atoms with Crippen molar-refractivity contribution in [1.82, 2.24) is 10.2 Å². The molecule has 0 aliphatic carbocycles. The van der Waals surface area contributed by atoms with Crippen LogP contribution in [0.15, 0.2) is 46.2 Å². The van der Waals surface area contributed by atoms with E-state index in [4.69, 9.17) is 9.68 Å². The third-order valence-electron chi connectivity index (χ3n) is 2.66. The molecule has 0 amide bonds. The van der Waals surface area contributed by atoms with Crippen LogP contribution in [-0.2, 0) is 6.54 Å². The van der Waals surface area contributed by atoms with Crippen molar-refractivity contribution in [3.8, 4) is 16.8 Å². The van der Waals surface area contributed by atoms with Gasteiger partial charge in [-0.1, -0.05) is 23.3 Å². The monoisotopic (exact) mass is 282 g/mol. The summed E-state index contributed by atoms with van der Waals surface area (Å²) in [5.74, 6) is 0.508. The first-order valence-corrected chi connectivity index (χ1v) is 6.83. The summed E-state index contributed by atoms with van der Waals surface area (Å²) in [5.41, 5.74) is 1.62. The Morgan fingerprint density at radius 1 is 1.25 bits per heavy atom. The maximum absolute atomic E-state index is 8.85. The third-order valence-corrected chi connectivity index (χ3v) is 3.51. The van der Waals surface area contributed by atoms with Crippen LogP contribution < -0.4 is 5.32 Å². The molecule has 2 heterocycles. The molecular weight excluding hydrogens is 272 g/mol. The molecule has 0 aliphatic rings. The topological polar surface area (TPSA) is 74.7 Å². The lowest BCUT2D eigenvalue weighted by Gasteiger charge is -2.01. The minimum Gasteiger partial charge on any atom is -0.403 e. The number of benzene rings is 1. The van der Waals surface area contributed by atoms with E-state index in [0.29, 0.717) is 24.0 Å². The standard InChI is InChI=1S/C14H10N4OS/c15-8-10-3-1-4-11(7-10)9-16-14-18-17-13(19-14)12-5-2-6-20-12/h1-7H,9H2,(H,16,18). The van der Waals surface area contributed by atoms with Crippen LogP contribution >= 0.6 is 11.3 Å². The van der Waals surface area contributed by atoms with Crippen LogP contribution in [0.5, 0.6) is 0 Å². The lowest BCUT2D eigenvalue weighted by molar-refractivity contribution is 0.582. The molecule has 0 saturated carbocycles. The van der Waals surface area contributed by atoms with Crippen molar-refractivity contribution in [2.75, 3.05) is 5.32 Å². The number of hydrogen-bond donors (Lipinski definition) is 1. The zero-order valence-electron chi connectivity index (χ0n) is 10.4. The minimum absolute atomic E-state index is 0.371. The number of anilines is 1. The van der Waals surface area contributed by atoms with Crippen LogP contribution in [0, 0.1) is 11.3 Å². The van der Waals surface area contributed by atoms with Gasteiger partial charge in [-0.25, -0.2) is 0 Å². The molecule has 6 heteroatoms. The van der Waals surface area contributed by atoms with E-state index < -0.39 is 0 Å². The molecule has 3 rings (SSSR count). The Hall–Kier alpha value is -2.65. The molecule has 0 aliphatic heterocycles. The summed E-state index contributed by atoms with van der Waals surface area (Å²) in [6.07, 6.45) is 0. The quantitative estimate of drug-likeness (QED) is 0.794. The second-order valence-electron chi connectivity index (χ2n) is 4.06. The van der Waals surface area contributed by atoms with Gasteiger partial charge in [0.05, 0.1) is 16.5 Å². The molecule has 0 spiro atoms. The van der Waals surface area contributed by atoms with Crippen LogP contribution in [0.4, 0.5) is 6.01 Å². The summed E-state index contributed by atoms with van der Waals surface area (Å²) in [5, 5.41) is 21.8. The zero-order valence-corrected chi connectivity index (χ0v) is 11.2. The minimum atomic E-state index is 0.371. The Balaban J connectivity index is 1.68. The van der Waals surface area contributed by atoms with Gasteiger partial charge in [0.15, 0.2) is 0 Å². The Morgan fingerprint density at radius 3 is 3.00 bits per heavy atom. The molecule has 20 heavy (non-hydrogen) atoms. The average Bonchev–Trinajstić information content (AvgIpc) is 3.16. The maximum atomic E-state index is 8.85. The summed E-state index contributed by atoms with van der Waals surface area (Å²) in [4.78, 5) is 0.942. The summed E-state index contributed by atoms with van der Waals surface area (Å²) >= 11 is 1.55. The fourth-order valence-electron chi connectivity index (χ4n) is 1.72. The predicted molar refractivity (Wildman–Crippen MR) is 76.1 cm³/mol. The first kappa shape index (κ1) is 12.4. The molecule has 98 valence electrons. The van der Waals surface area contributed by atoms with Gasteiger partial charge in [-0.2, -0.15) is 5.26 Å². The Labute approximate surface area is 119 Å². The van der Waals surface area contributed by atoms with Gasteiger partial charge >= 0.3 is 6.01 Å². The highest BCUT2D eigenvalue weighted by atomic mass is 32.1. The van der Waals surface area contributed by atoms with Crippen LogP contribution in [0.2, 0.25) is 0 Å². The van der Waals surface area contributed by atoms with E-state index in [1.807, 2.05) is 35.7 Å². The van der Waals surface area contributed by atoms with E-state index in [-0.39, 0.29) is 0 Å². The van der Waals surface area contributed by atoms with Gasteiger partial charge in [0, 0.05) is 6.54 Å². The Kier molecular flexibility index (Phi) is 3.44. The molecule has 0 bridgehead atoms. The third kappa shape index (κ3) is 2.68. The first-order chi connectivity index (χ1) is 9.85. The normalized spacial score (nSPS) is 10.2. The first-order valence-electron chi connectivity index (χ1n) is 5.95. The molecule has 5 nitrogen and oxygen atoms in total. The van der Waals surface area contributed by atoms with E-state index in [1.54, 1.807) is 17.4 Å². The van der Waals surface area contributed by atoms with Crippen molar-refractivity contribution in [3.63, 3.8) is 0 Å². The lowest BCUT2D eigenvalue weighted by atomic mass is 10.1. The van der Waals surface area contributed by atoms with E-state index >= 15 is 0 Å². The molecule has 2 aromatic heterocycles. The van der Waals surface area contributed by atoms with Crippen molar-refractivity contribution in [1.29, 1.82) is 5.26 Å². The molecule has 0 unspecified atom stereocenters. The smallest absolute Gasteiger partial charge is 0.316 e. The van der Waals surface area contributed by atoms with Crippen molar-refractivity contribution in [2.24, 2.45) is 0 Å². The maximum Gasteiger partial charge on any atom is 0.316 e. The second kappa shape index (κ2) is 5.55. The fraction of sp³-hybridized carbons (Fsp3) is 0.0714.